The third-order valence-corrected chi connectivity index (χ3v) is 6.68. The topological polar surface area (TPSA) is 89.7 Å². The van der Waals surface area contributed by atoms with Crippen LogP contribution in [0.5, 0.6) is 5.75 Å². The van der Waals surface area contributed by atoms with Crippen molar-refractivity contribution in [2.45, 2.75) is 13.0 Å². The van der Waals surface area contributed by atoms with E-state index in [4.69, 9.17) is 38.4 Å². The van der Waals surface area contributed by atoms with Crippen molar-refractivity contribution < 1.29 is 18.7 Å². The fourth-order valence-electron chi connectivity index (χ4n) is 3.94. The third-order valence-electron chi connectivity index (χ3n) is 5.97. The molecule has 0 saturated carbocycles. The van der Waals surface area contributed by atoms with Crippen molar-refractivity contribution in [2.24, 2.45) is 0 Å². The van der Waals surface area contributed by atoms with E-state index in [1.54, 1.807) is 31.3 Å². The van der Waals surface area contributed by atoms with Gasteiger partial charge in [0.2, 0.25) is 0 Å². The summed E-state index contributed by atoms with van der Waals surface area (Å²) >= 11 is 12.3. The van der Waals surface area contributed by atoms with Crippen molar-refractivity contribution in [3.63, 3.8) is 0 Å². The maximum atomic E-state index is 13.9. The molecular weight excluding hydrogens is 506 g/mol. The zero-order chi connectivity index (χ0) is 25.7. The average molecular weight is 533 g/mol. The monoisotopic (exact) mass is 532 g/mol. The van der Waals surface area contributed by atoms with Gasteiger partial charge < -0.3 is 20.5 Å². The first-order valence-electron chi connectivity index (χ1n) is 11.6. The summed E-state index contributed by atoms with van der Waals surface area (Å²) in [5.74, 6) is -0.240. The highest BCUT2D eigenvalue weighted by Gasteiger charge is 2.20. The number of nitrogen functional groups attached to an aromatic ring is 1. The summed E-state index contributed by atoms with van der Waals surface area (Å²) in [7, 11) is 0. The van der Waals surface area contributed by atoms with Crippen LogP contribution in [0.3, 0.4) is 0 Å². The van der Waals surface area contributed by atoms with Crippen LogP contribution in [0.4, 0.5) is 10.2 Å². The fraction of sp³-hybridized carbons (Fsp3) is 0.308. The number of carbonyl (C=O) groups is 1. The van der Waals surface area contributed by atoms with Gasteiger partial charge in [0, 0.05) is 54.1 Å². The van der Waals surface area contributed by atoms with Crippen LogP contribution in [0.25, 0.3) is 11.1 Å². The molecule has 1 amide bonds. The molecule has 1 fully saturated rings. The molecule has 1 unspecified atom stereocenters. The molecule has 2 heterocycles. The van der Waals surface area contributed by atoms with Gasteiger partial charge >= 0.3 is 0 Å². The molecule has 1 saturated heterocycles. The summed E-state index contributed by atoms with van der Waals surface area (Å²) in [6.07, 6.45) is 0.940. The lowest BCUT2D eigenvalue weighted by Crippen LogP contribution is -2.41. The van der Waals surface area contributed by atoms with Crippen molar-refractivity contribution >= 4 is 34.9 Å². The smallest absolute Gasteiger partial charge is 0.251 e. The lowest BCUT2D eigenvalue weighted by Gasteiger charge is -2.26. The lowest BCUT2D eigenvalue weighted by atomic mass is 10.0. The molecule has 1 aromatic heterocycles. The predicted octanol–water partition coefficient (Wildman–Crippen LogP) is 4.98. The number of nitrogens with one attached hydrogen (secondary N) is 1. The number of amides is 1. The van der Waals surface area contributed by atoms with Crippen LogP contribution in [0.2, 0.25) is 10.0 Å². The summed E-state index contributed by atoms with van der Waals surface area (Å²) in [6, 6.07) is 11.5. The molecule has 36 heavy (non-hydrogen) atoms. The number of anilines is 1. The van der Waals surface area contributed by atoms with Crippen LogP contribution in [0.15, 0.2) is 48.7 Å². The van der Waals surface area contributed by atoms with E-state index in [-0.39, 0.29) is 21.8 Å². The van der Waals surface area contributed by atoms with Crippen LogP contribution in [0, 0.1) is 5.82 Å². The van der Waals surface area contributed by atoms with E-state index in [0.717, 1.165) is 44.0 Å². The van der Waals surface area contributed by atoms with E-state index in [1.807, 2.05) is 12.1 Å². The zero-order valence-electron chi connectivity index (χ0n) is 19.8. The summed E-state index contributed by atoms with van der Waals surface area (Å²) < 4.78 is 25.3. The minimum Gasteiger partial charge on any atom is -0.482 e. The Balaban J connectivity index is 1.42. The number of nitrogens with two attached hydrogens (primary N) is 1. The van der Waals surface area contributed by atoms with E-state index >= 15 is 0 Å². The number of pyridine rings is 1. The van der Waals surface area contributed by atoms with Gasteiger partial charge in [-0.25, -0.2) is 9.37 Å². The highest BCUT2D eigenvalue weighted by Crippen LogP contribution is 2.37. The number of benzene rings is 2. The van der Waals surface area contributed by atoms with Gasteiger partial charge in [-0.3, -0.25) is 9.69 Å². The van der Waals surface area contributed by atoms with E-state index < -0.39 is 11.9 Å². The second-order valence-corrected chi connectivity index (χ2v) is 9.20. The Morgan fingerprint density at radius 3 is 2.64 bits per heavy atom. The number of ether oxygens (including phenoxy) is 2. The number of aromatic nitrogens is 1. The van der Waals surface area contributed by atoms with E-state index in [0.29, 0.717) is 23.4 Å². The predicted molar refractivity (Wildman–Crippen MR) is 139 cm³/mol. The zero-order valence-corrected chi connectivity index (χ0v) is 21.3. The van der Waals surface area contributed by atoms with E-state index in [1.165, 1.54) is 12.1 Å². The largest absolute Gasteiger partial charge is 0.482 e. The minimum absolute atomic E-state index is 0.100. The number of nitrogens with zero attached hydrogens (tertiary/aromatic N) is 2. The van der Waals surface area contributed by atoms with Gasteiger partial charge in [0.25, 0.3) is 5.91 Å². The molecule has 1 aliphatic heterocycles. The molecule has 1 aliphatic rings. The number of hydrogen-bond acceptors (Lipinski definition) is 6. The summed E-state index contributed by atoms with van der Waals surface area (Å²) in [5.41, 5.74) is 8.47. The quantitative estimate of drug-likeness (QED) is 0.397. The molecule has 0 bridgehead atoms. The Hall–Kier alpha value is -2.91. The SMILES string of the molecule is CC(Oc1cc(-c2ccc(C(=O)NCCN3CCOCC3)cc2)cnc1N)c1c(Cl)ccc(F)c1Cl. The average Bonchev–Trinajstić information content (AvgIpc) is 2.88. The fourth-order valence-corrected chi connectivity index (χ4v) is 4.62. The molecule has 10 heteroatoms. The molecule has 0 spiro atoms. The van der Waals surface area contributed by atoms with Gasteiger partial charge in [0.05, 0.1) is 18.2 Å². The first-order valence-corrected chi connectivity index (χ1v) is 12.3. The first-order chi connectivity index (χ1) is 17.3. The third kappa shape index (κ3) is 6.25. The second kappa shape index (κ2) is 11.9. The molecular formula is C26H27Cl2FN4O3. The van der Waals surface area contributed by atoms with Gasteiger partial charge in [0.1, 0.15) is 11.9 Å². The number of rotatable bonds is 8. The van der Waals surface area contributed by atoms with Gasteiger partial charge in [-0.1, -0.05) is 35.3 Å². The van der Waals surface area contributed by atoms with Crippen LogP contribution < -0.4 is 15.8 Å². The van der Waals surface area contributed by atoms with Crippen molar-refractivity contribution in [1.82, 2.24) is 15.2 Å². The van der Waals surface area contributed by atoms with Crippen molar-refractivity contribution in [1.29, 1.82) is 0 Å². The Bertz CT molecular complexity index is 1220. The number of hydrogen-bond donors (Lipinski definition) is 2. The normalized spacial score (nSPS) is 14.9. The first kappa shape index (κ1) is 26.2. The molecule has 0 radical (unpaired) electrons. The molecule has 3 aromatic rings. The van der Waals surface area contributed by atoms with Crippen LogP contribution in [-0.2, 0) is 4.74 Å². The summed E-state index contributed by atoms with van der Waals surface area (Å²) in [4.78, 5) is 19.0. The molecule has 7 nitrogen and oxygen atoms in total. The van der Waals surface area contributed by atoms with Gasteiger partial charge in [-0.05, 0) is 42.8 Å². The molecule has 3 N–H and O–H groups in total. The van der Waals surface area contributed by atoms with Gasteiger partial charge in [0.15, 0.2) is 11.6 Å². The molecule has 2 aromatic carbocycles. The van der Waals surface area contributed by atoms with E-state index in [9.17, 15) is 9.18 Å². The van der Waals surface area contributed by atoms with Crippen molar-refractivity contribution in [2.75, 3.05) is 45.1 Å². The standard InChI is InChI=1S/C26H27Cl2FN4O3/c1-16(23-20(27)6-7-21(29)24(23)28)36-22-14-19(15-32-25(22)30)17-2-4-18(5-3-17)26(34)31-8-9-33-10-12-35-13-11-33/h2-7,14-16H,8-13H2,1H3,(H2,30,32)(H,31,34). The highest BCUT2D eigenvalue weighted by molar-refractivity contribution is 6.36. The van der Waals surface area contributed by atoms with Gasteiger partial charge in [-0.15, -0.1) is 0 Å². The van der Waals surface area contributed by atoms with Gasteiger partial charge in [-0.2, -0.15) is 0 Å². The Morgan fingerprint density at radius 1 is 1.19 bits per heavy atom. The highest BCUT2D eigenvalue weighted by atomic mass is 35.5. The number of halogens is 3. The molecule has 0 aliphatic carbocycles. The number of carbonyl (C=O) groups excluding carboxylic acids is 1. The maximum Gasteiger partial charge on any atom is 0.251 e. The molecule has 190 valence electrons. The number of morpholine rings is 1. The van der Waals surface area contributed by atoms with Crippen LogP contribution >= 0.6 is 23.2 Å². The van der Waals surface area contributed by atoms with E-state index in [2.05, 4.69) is 15.2 Å². The van der Waals surface area contributed by atoms with Crippen LogP contribution in [-0.4, -0.2) is 55.2 Å². The summed E-state index contributed by atoms with van der Waals surface area (Å²) in [5, 5.41) is 3.14. The van der Waals surface area contributed by atoms with Crippen molar-refractivity contribution in [3.8, 4) is 16.9 Å². The Labute approximate surface area is 219 Å². The Kier molecular flexibility index (Phi) is 8.64. The minimum atomic E-state index is -0.677. The maximum absolute atomic E-state index is 13.9. The molecule has 1 atom stereocenters. The lowest BCUT2D eigenvalue weighted by molar-refractivity contribution is 0.0383. The Morgan fingerprint density at radius 2 is 1.92 bits per heavy atom. The van der Waals surface area contributed by atoms with Crippen molar-refractivity contribution in [3.05, 3.63) is 75.7 Å². The van der Waals surface area contributed by atoms with Crippen LogP contribution in [0.1, 0.15) is 28.9 Å². The summed E-state index contributed by atoms with van der Waals surface area (Å²) in [6.45, 7) is 6.28. The second-order valence-electron chi connectivity index (χ2n) is 8.41. The molecule has 4 rings (SSSR count).